The maximum absolute atomic E-state index is 13.9. The van der Waals surface area contributed by atoms with Gasteiger partial charge < -0.3 is 30.2 Å². The van der Waals surface area contributed by atoms with Crippen molar-refractivity contribution < 1.29 is 33.4 Å². The van der Waals surface area contributed by atoms with Gasteiger partial charge in [-0.05, 0) is 140 Å². The molecule has 304 valence electrons. The van der Waals surface area contributed by atoms with Gasteiger partial charge in [0.15, 0.2) is 5.52 Å². The topological polar surface area (TPSA) is 185 Å². The summed E-state index contributed by atoms with van der Waals surface area (Å²) in [5.74, 6) is 3.84. The average molecular weight is 767 g/mol. The number of nitro groups is 1. The van der Waals surface area contributed by atoms with Crippen molar-refractivity contribution >= 4 is 34.3 Å². The summed E-state index contributed by atoms with van der Waals surface area (Å²) in [7, 11) is 0. The smallest absolute Gasteiger partial charge is 0.305 e. The molecule has 5 unspecified atom stereocenters. The second-order valence-corrected chi connectivity index (χ2v) is 17.8. The third kappa shape index (κ3) is 7.97. The fourth-order valence-corrected chi connectivity index (χ4v) is 12.4. The number of aromatic nitrogens is 2. The van der Waals surface area contributed by atoms with E-state index in [1.54, 1.807) is 6.07 Å². The van der Waals surface area contributed by atoms with Crippen LogP contribution in [-0.2, 0) is 23.8 Å². The lowest BCUT2D eigenvalue weighted by Gasteiger charge is -2.61. The van der Waals surface area contributed by atoms with Crippen molar-refractivity contribution in [1.29, 1.82) is 0 Å². The van der Waals surface area contributed by atoms with Crippen molar-refractivity contribution in [3.05, 3.63) is 22.2 Å². The molecule has 7 rings (SSSR count). The van der Waals surface area contributed by atoms with Crippen molar-refractivity contribution in [2.45, 2.75) is 116 Å². The monoisotopic (exact) mass is 766 g/mol. The van der Waals surface area contributed by atoms with Gasteiger partial charge in [0, 0.05) is 31.6 Å². The quantitative estimate of drug-likeness (QED) is 0.0855. The van der Waals surface area contributed by atoms with Gasteiger partial charge in [0.1, 0.15) is 12.6 Å². The number of ether oxygens (including phenoxy) is 3. The predicted molar refractivity (Wildman–Crippen MR) is 206 cm³/mol. The number of rotatable bonds is 16. The SMILES string of the molecule is C[C@H](CCC(=O)OCCOCCOCCN)C1CCC2C3CC[C@@H]4C[C@H](NC(=O)C5CCCN5c5ccc([N+](=O)[O-])c6nonc56)CC[C@]4(C)C3CC[C@@]21C. The molecule has 14 nitrogen and oxygen atoms in total. The van der Waals surface area contributed by atoms with E-state index in [2.05, 4.69) is 36.4 Å². The zero-order valence-electron chi connectivity index (χ0n) is 33.0. The Balaban J connectivity index is 0.898. The summed E-state index contributed by atoms with van der Waals surface area (Å²) in [4.78, 5) is 39.5. The van der Waals surface area contributed by atoms with E-state index < -0.39 is 4.92 Å². The summed E-state index contributed by atoms with van der Waals surface area (Å²) in [6.45, 7) is 10.8. The summed E-state index contributed by atoms with van der Waals surface area (Å²) < 4.78 is 21.2. The van der Waals surface area contributed by atoms with E-state index in [0.717, 1.165) is 56.3 Å². The Morgan fingerprint density at radius 3 is 2.53 bits per heavy atom. The molecule has 1 amide bonds. The average Bonchev–Trinajstić information content (AvgIpc) is 3.94. The van der Waals surface area contributed by atoms with Crippen LogP contribution in [0.3, 0.4) is 0 Å². The number of fused-ring (bicyclic) bond motifs is 6. The van der Waals surface area contributed by atoms with Gasteiger partial charge in [-0.15, -0.1) is 0 Å². The highest BCUT2D eigenvalue weighted by Crippen LogP contribution is 2.68. The third-order valence-electron chi connectivity index (χ3n) is 15.1. The molecule has 5 aliphatic rings. The Hall–Kier alpha value is -3.36. The van der Waals surface area contributed by atoms with Crippen LogP contribution >= 0.6 is 0 Å². The van der Waals surface area contributed by atoms with Crippen molar-refractivity contribution in [3.63, 3.8) is 0 Å². The Bertz CT molecular complexity index is 1670. The number of anilines is 1. The van der Waals surface area contributed by atoms with Crippen LogP contribution in [0.4, 0.5) is 11.4 Å². The van der Waals surface area contributed by atoms with Gasteiger partial charge in [-0.2, -0.15) is 0 Å². The van der Waals surface area contributed by atoms with Gasteiger partial charge in [-0.1, -0.05) is 20.8 Å². The van der Waals surface area contributed by atoms with Gasteiger partial charge in [0.05, 0.1) is 37.0 Å². The van der Waals surface area contributed by atoms with E-state index >= 15 is 0 Å². The number of carbonyl (C=O) groups is 2. The van der Waals surface area contributed by atoms with Gasteiger partial charge in [0.2, 0.25) is 11.4 Å². The molecule has 1 saturated heterocycles. The molecule has 10 atom stereocenters. The molecule has 1 aromatic heterocycles. The summed E-state index contributed by atoms with van der Waals surface area (Å²) in [6, 6.07) is 2.89. The number of hydrogen-bond acceptors (Lipinski definition) is 12. The van der Waals surface area contributed by atoms with Crippen LogP contribution in [0.5, 0.6) is 0 Å². The first-order valence-corrected chi connectivity index (χ1v) is 21.0. The first kappa shape index (κ1) is 39.9. The summed E-state index contributed by atoms with van der Waals surface area (Å²) >= 11 is 0. The summed E-state index contributed by atoms with van der Waals surface area (Å²) in [5.41, 5.74) is 6.97. The van der Waals surface area contributed by atoms with E-state index in [1.165, 1.54) is 44.6 Å². The Morgan fingerprint density at radius 1 is 0.982 bits per heavy atom. The number of esters is 1. The van der Waals surface area contributed by atoms with Crippen LogP contribution in [-0.4, -0.2) is 85.3 Å². The highest BCUT2D eigenvalue weighted by Gasteiger charge is 2.60. The zero-order valence-corrected chi connectivity index (χ0v) is 33.0. The number of nitrogens with one attached hydrogen (secondary N) is 1. The lowest BCUT2D eigenvalue weighted by molar-refractivity contribution is -0.383. The van der Waals surface area contributed by atoms with Crippen molar-refractivity contribution in [2.75, 3.05) is 51.0 Å². The molecule has 0 radical (unpaired) electrons. The van der Waals surface area contributed by atoms with Crippen LogP contribution in [0.2, 0.25) is 0 Å². The van der Waals surface area contributed by atoms with Crippen molar-refractivity contribution in [2.24, 2.45) is 52.1 Å². The molecule has 0 spiro atoms. The molecular formula is C41H62N6O8. The van der Waals surface area contributed by atoms with Gasteiger partial charge in [-0.25, -0.2) is 4.63 Å². The molecule has 1 aliphatic heterocycles. The number of nitro benzene ring substituents is 1. The Kier molecular flexibility index (Phi) is 12.3. The van der Waals surface area contributed by atoms with E-state index in [0.29, 0.717) is 85.7 Å². The van der Waals surface area contributed by atoms with Crippen LogP contribution < -0.4 is 16.0 Å². The summed E-state index contributed by atoms with van der Waals surface area (Å²) in [5, 5.41) is 22.8. The zero-order chi connectivity index (χ0) is 38.7. The van der Waals surface area contributed by atoms with Gasteiger partial charge in [-0.3, -0.25) is 19.7 Å². The first-order chi connectivity index (χ1) is 26.5. The highest BCUT2D eigenvalue weighted by atomic mass is 16.6. The number of hydrogen-bond donors (Lipinski definition) is 2. The first-order valence-electron chi connectivity index (χ1n) is 21.0. The molecule has 3 N–H and O–H groups in total. The van der Waals surface area contributed by atoms with Crippen molar-refractivity contribution in [1.82, 2.24) is 15.6 Å². The van der Waals surface area contributed by atoms with E-state index in [4.69, 9.17) is 24.6 Å². The maximum Gasteiger partial charge on any atom is 0.305 e. The minimum Gasteiger partial charge on any atom is -0.463 e. The number of benzene rings is 1. The molecule has 2 aromatic rings. The molecule has 5 fully saturated rings. The lowest BCUT2D eigenvalue weighted by Crippen LogP contribution is -2.56. The van der Waals surface area contributed by atoms with Crippen molar-refractivity contribution in [3.8, 4) is 0 Å². The molecule has 4 aliphatic carbocycles. The van der Waals surface area contributed by atoms with E-state index in [9.17, 15) is 19.7 Å². The molecule has 4 saturated carbocycles. The molecule has 2 heterocycles. The molecular weight excluding hydrogens is 704 g/mol. The Labute approximate surface area is 324 Å². The second kappa shape index (κ2) is 17.0. The fourth-order valence-electron chi connectivity index (χ4n) is 12.4. The normalized spacial score (nSPS) is 33.5. The standard InChI is InChI=1S/C41H62N6O8/c1-26(6-13-36(48)54-24-23-53-22-21-52-20-18-42)30-9-10-31-29-8-7-27-25-28(14-16-40(27,2)32(29)15-17-41(30,31)3)43-39(49)35-5-4-19-46(35)33-11-12-34(47(50)51)38-37(33)44-55-45-38/h11-12,26-32,35H,4-10,13-25,42H2,1-3H3,(H,43,49)/t26-,27-,28-,29?,30?,31?,32?,35?,40+,41-/m1/s1. The molecule has 1 aromatic carbocycles. The highest BCUT2D eigenvalue weighted by molar-refractivity contribution is 5.96. The van der Waals surface area contributed by atoms with Gasteiger partial charge in [0.25, 0.3) is 0 Å². The number of nitrogens with zero attached hydrogens (tertiary/aromatic N) is 4. The largest absolute Gasteiger partial charge is 0.463 e. The third-order valence-corrected chi connectivity index (χ3v) is 15.1. The minimum absolute atomic E-state index is 0.0322. The van der Waals surface area contributed by atoms with E-state index in [-0.39, 0.29) is 41.8 Å². The van der Waals surface area contributed by atoms with Crippen LogP contribution in [0.25, 0.3) is 11.0 Å². The van der Waals surface area contributed by atoms with Gasteiger partial charge >= 0.3 is 11.7 Å². The maximum atomic E-state index is 13.9. The minimum atomic E-state index is -0.486. The Morgan fingerprint density at radius 2 is 1.73 bits per heavy atom. The molecule has 0 bridgehead atoms. The predicted octanol–water partition coefficient (Wildman–Crippen LogP) is 6.19. The number of nitrogens with two attached hydrogens (primary N) is 1. The molecule has 14 heteroatoms. The number of amides is 1. The summed E-state index contributed by atoms with van der Waals surface area (Å²) in [6.07, 6.45) is 13.7. The molecule has 55 heavy (non-hydrogen) atoms. The van der Waals surface area contributed by atoms with Crippen LogP contribution in [0, 0.1) is 56.5 Å². The number of carbonyl (C=O) groups excluding carboxylic acids is 2. The van der Waals surface area contributed by atoms with Crippen LogP contribution in [0.1, 0.15) is 104 Å². The second-order valence-electron chi connectivity index (χ2n) is 17.8. The fraction of sp³-hybridized carbons (Fsp3) is 0.805. The van der Waals surface area contributed by atoms with Crippen LogP contribution in [0.15, 0.2) is 16.8 Å². The van der Waals surface area contributed by atoms with E-state index in [1.807, 2.05) is 4.90 Å². The number of non-ortho nitro benzene ring substituents is 1. The lowest BCUT2D eigenvalue weighted by atomic mass is 9.44.